The molecule has 0 spiro atoms. The number of nitrogens with zero attached hydrogens (tertiary/aromatic N) is 1. The zero-order valence-corrected chi connectivity index (χ0v) is 40.0. The molecule has 76 heavy (non-hydrogen) atoms. The van der Waals surface area contributed by atoms with Crippen LogP contribution in [0.2, 0.25) is 0 Å². The van der Waals surface area contributed by atoms with Crippen LogP contribution in [0.1, 0.15) is 44.9 Å². The lowest BCUT2D eigenvalue weighted by Crippen LogP contribution is -2.64. The number of hydrogen-bond donors (Lipinski definition) is 7. The van der Waals surface area contributed by atoms with Crippen molar-refractivity contribution < 1.29 is 102 Å². The van der Waals surface area contributed by atoms with Gasteiger partial charge >= 0.3 is 36.4 Å². The lowest BCUT2D eigenvalue weighted by Gasteiger charge is -2.37. The molecule has 4 fully saturated rings. The Hall–Kier alpha value is -7.18. The Balaban J connectivity index is 1.13. The Kier molecular flexibility index (Phi) is 18.8. The smallest absolute Gasteiger partial charge is 0.381 e. The summed E-state index contributed by atoms with van der Waals surface area (Å²) >= 11 is 0. The standard InChI is InChI=1S/C46H50F8N8O14/c1-73-26-18-33(38(67)59-31(16-24-6-10-55-36(24)65)34(63)20-75-45(49,50)51)62(19-26)42(71)41(70)58-30-15-23(3-5-28(30)48)22-2-4-27(47)29(14-22)57-39(68)40(69)61-44(8-12-74-13-9-44)43(72)60-32(17-25-7-11-56-37(25)66)35(64)21-76-46(52,53)54/h2-5,14-15,24-26,31-33H,6-13,16-21H2,1H3,(H,55,65)(H,56,66)(H,57,68)(H,58,70)(H,59,67)(H,60,72)(H,61,69)/t24-,25-,26+,31-,32-,33-/m0/s1. The van der Waals surface area contributed by atoms with Crippen LogP contribution in [-0.2, 0) is 66.9 Å². The summed E-state index contributed by atoms with van der Waals surface area (Å²) in [6, 6.07) is 0.966. The number of rotatable bonds is 19. The van der Waals surface area contributed by atoms with E-state index in [1.54, 1.807) is 0 Å². The molecule has 0 aromatic heterocycles. The molecule has 4 aliphatic heterocycles. The minimum Gasteiger partial charge on any atom is -0.381 e. The molecule has 0 saturated carbocycles. The van der Waals surface area contributed by atoms with E-state index in [9.17, 15) is 74.3 Å². The number of halogens is 8. The Morgan fingerprint density at radius 2 is 1.21 bits per heavy atom. The zero-order valence-electron chi connectivity index (χ0n) is 40.0. The van der Waals surface area contributed by atoms with E-state index in [1.165, 1.54) is 7.11 Å². The first kappa shape index (κ1) is 58.1. The van der Waals surface area contributed by atoms with Crippen LogP contribution in [0.3, 0.4) is 0 Å². The van der Waals surface area contributed by atoms with Crippen molar-refractivity contribution in [3.8, 4) is 11.1 Å². The maximum Gasteiger partial charge on any atom is 0.522 e. The molecule has 7 N–H and O–H groups in total. The molecule has 0 radical (unpaired) electrons. The number of carbonyl (C=O) groups is 10. The van der Waals surface area contributed by atoms with Crippen LogP contribution in [0.25, 0.3) is 11.1 Å². The van der Waals surface area contributed by atoms with Gasteiger partial charge in [0.05, 0.1) is 29.6 Å². The number of ketones is 2. The highest BCUT2D eigenvalue weighted by molar-refractivity contribution is 6.40. The van der Waals surface area contributed by atoms with E-state index in [4.69, 9.17) is 9.47 Å². The average Bonchev–Trinajstić information content (AvgIpc) is 4.12. The fourth-order valence-electron chi connectivity index (χ4n) is 8.85. The number of nitrogens with one attached hydrogen (secondary N) is 7. The van der Waals surface area contributed by atoms with Crippen LogP contribution in [0.15, 0.2) is 36.4 Å². The SMILES string of the molecule is CO[C@@H]1C[C@@H](C(=O)N[C@@H](C[C@@H]2CCNC2=O)C(=O)COC(F)(F)F)N(C(=O)C(=O)Nc2cc(-c3ccc(F)c(NC(=O)C(=O)NC4(C(=O)N[C@@H](C[C@@H]5CCNC5=O)C(=O)COC(F)(F)F)CCOCC4)c3)ccc2F)C1. The third kappa shape index (κ3) is 15.2. The molecule has 0 bridgehead atoms. The molecule has 2 aromatic carbocycles. The Bertz CT molecular complexity index is 2600. The molecule has 0 aliphatic carbocycles. The van der Waals surface area contributed by atoms with Gasteiger partial charge in [-0.15, -0.1) is 26.3 Å². The van der Waals surface area contributed by atoms with E-state index in [2.05, 4.69) is 41.4 Å². The van der Waals surface area contributed by atoms with Crippen LogP contribution >= 0.6 is 0 Å². The quantitative estimate of drug-likeness (QED) is 0.0764. The monoisotopic (exact) mass is 1090 g/mol. The molecule has 6 rings (SSSR count). The summed E-state index contributed by atoms with van der Waals surface area (Å²) in [5.74, 6) is -15.7. The molecular weight excluding hydrogens is 1040 g/mol. The first-order chi connectivity index (χ1) is 35.8. The number of methoxy groups -OCH3 is 1. The summed E-state index contributed by atoms with van der Waals surface area (Å²) in [6.07, 6.45) is -12.7. The number of Topliss-reactive ketones (excluding diaryl/α,β-unsaturated/α-hetero) is 2. The van der Waals surface area contributed by atoms with Crippen molar-refractivity contribution in [2.75, 3.05) is 63.8 Å². The molecular formula is C46H50F8N8O14. The Morgan fingerprint density at radius 3 is 1.67 bits per heavy atom. The van der Waals surface area contributed by atoms with Crippen LogP contribution in [0, 0.1) is 23.5 Å². The molecule has 414 valence electrons. The summed E-state index contributed by atoms with van der Waals surface area (Å²) in [5, 5.41) is 16.0. The number of alkyl halides is 6. The summed E-state index contributed by atoms with van der Waals surface area (Å²) < 4.78 is 125. The van der Waals surface area contributed by atoms with Gasteiger partial charge in [0.15, 0.2) is 11.6 Å². The van der Waals surface area contributed by atoms with Gasteiger partial charge in [-0.2, -0.15) is 0 Å². The summed E-state index contributed by atoms with van der Waals surface area (Å²) in [6.45, 7) is -3.42. The maximum atomic E-state index is 15.3. The second kappa shape index (κ2) is 24.7. The summed E-state index contributed by atoms with van der Waals surface area (Å²) in [4.78, 5) is 133. The molecule has 2 aromatic rings. The number of anilines is 2. The van der Waals surface area contributed by atoms with Crippen molar-refractivity contribution in [2.45, 2.75) is 87.4 Å². The third-order valence-corrected chi connectivity index (χ3v) is 13.0. The van der Waals surface area contributed by atoms with E-state index < -0.39 is 169 Å². The number of ether oxygens (including phenoxy) is 4. The number of carbonyl (C=O) groups excluding carboxylic acids is 10. The minimum atomic E-state index is -5.22. The van der Waals surface area contributed by atoms with Gasteiger partial charge in [0.2, 0.25) is 23.6 Å². The number of hydrogen-bond acceptors (Lipinski definition) is 14. The second-order valence-electron chi connectivity index (χ2n) is 18.0. The van der Waals surface area contributed by atoms with Crippen molar-refractivity contribution in [2.24, 2.45) is 11.8 Å². The predicted octanol–water partition coefficient (Wildman–Crippen LogP) is 1.02. The molecule has 6 atom stereocenters. The van der Waals surface area contributed by atoms with E-state index in [0.29, 0.717) is 0 Å². The molecule has 4 saturated heterocycles. The number of benzene rings is 2. The van der Waals surface area contributed by atoms with Gasteiger partial charge in [-0.1, -0.05) is 12.1 Å². The molecule has 8 amide bonds. The normalized spacial score (nSPS) is 21.1. The topological polar surface area (TPSA) is 295 Å². The van der Waals surface area contributed by atoms with Crippen molar-refractivity contribution in [1.29, 1.82) is 0 Å². The lowest BCUT2D eigenvalue weighted by molar-refractivity contribution is -0.321. The first-order valence-corrected chi connectivity index (χ1v) is 23.4. The second-order valence-corrected chi connectivity index (χ2v) is 18.0. The Morgan fingerprint density at radius 1 is 0.724 bits per heavy atom. The maximum absolute atomic E-state index is 15.3. The van der Waals surface area contributed by atoms with Crippen LogP contribution < -0.4 is 37.2 Å². The summed E-state index contributed by atoms with van der Waals surface area (Å²) in [5.41, 5.74) is -3.27. The van der Waals surface area contributed by atoms with Gasteiger partial charge in [-0.25, -0.2) is 8.78 Å². The van der Waals surface area contributed by atoms with E-state index in [1.807, 2.05) is 5.32 Å². The van der Waals surface area contributed by atoms with Crippen molar-refractivity contribution >= 4 is 70.2 Å². The zero-order chi connectivity index (χ0) is 55.7. The predicted molar refractivity (Wildman–Crippen MR) is 240 cm³/mol. The van der Waals surface area contributed by atoms with E-state index >= 15 is 8.78 Å². The molecule has 30 heteroatoms. The van der Waals surface area contributed by atoms with E-state index in [0.717, 1.165) is 41.3 Å². The van der Waals surface area contributed by atoms with Gasteiger partial charge in [-0.05, 0) is 61.1 Å². The van der Waals surface area contributed by atoms with Crippen molar-refractivity contribution in [3.63, 3.8) is 0 Å². The molecule has 0 unspecified atom stereocenters. The Labute approximate surface area is 425 Å². The lowest BCUT2D eigenvalue weighted by atomic mass is 9.87. The molecule has 4 aliphatic rings. The number of amides is 8. The summed E-state index contributed by atoms with van der Waals surface area (Å²) in [7, 11) is 1.22. The van der Waals surface area contributed by atoms with Crippen LogP contribution in [0.4, 0.5) is 46.5 Å². The van der Waals surface area contributed by atoms with E-state index in [-0.39, 0.29) is 69.5 Å². The fraction of sp³-hybridized carbons (Fsp3) is 0.522. The highest BCUT2D eigenvalue weighted by Crippen LogP contribution is 2.31. The van der Waals surface area contributed by atoms with Gasteiger partial charge < -0.3 is 51.6 Å². The van der Waals surface area contributed by atoms with Crippen LogP contribution in [0.5, 0.6) is 0 Å². The largest absolute Gasteiger partial charge is 0.522 e. The fourth-order valence-corrected chi connectivity index (χ4v) is 8.85. The van der Waals surface area contributed by atoms with Gasteiger partial charge in [0.25, 0.3) is 0 Å². The van der Waals surface area contributed by atoms with Gasteiger partial charge in [0.1, 0.15) is 36.4 Å². The minimum absolute atomic E-state index is 0.0133. The van der Waals surface area contributed by atoms with Crippen LogP contribution in [-0.4, -0.2) is 159 Å². The molecule has 22 nitrogen and oxygen atoms in total. The average molecular weight is 1090 g/mol. The highest BCUT2D eigenvalue weighted by atomic mass is 19.4. The van der Waals surface area contributed by atoms with Gasteiger partial charge in [-0.3, -0.25) is 57.4 Å². The first-order valence-electron chi connectivity index (χ1n) is 23.4. The highest BCUT2D eigenvalue weighted by Gasteiger charge is 2.46. The van der Waals surface area contributed by atoms with Gasteiger partial charge in [0, 0.05) is 71.1 Å². The third-order valence-electron chi connectivity index (χ3n) is 13.0. The van der Waals surface area contributed by atoms with Crippen molar-refractivity contribution in [3.05, 3.63) is 48.0 Å². The molecule has 4 heterocycles. The number of likely N-dealkylation sites (tertiary alicyclic amines) is 1. The van der Waals surface area contributed by atoms with Crippen molar-refractivity contribution in [1.82, 2.24) is 31.5 Å².